The van der Waals surface area contributed by atoms with E-state index in [4.69, 9.17) is 5.73 Å². The van der Waals surface area contributed by atoms with Crippen LogP contribution >= 0.6 is 12.6 Å². The molecule has 0 aliphatic heterocycles. The Kier molecular flexibility index (Phi) is 3.16. The van der Waals surface area contributed by atoms with Gasteiger partial charge in [0, 0.05) is 11.4 Å². The molecule has 0 aromatic heterocycles. The molecule has 0 heterocycles. The molecule has 0 atom stereocenters. The van der Waals surface area contributed by atoms with Crippen LogP contribution in [0, 0.1) is 6.92 Å². The molecule has 2 N–H and O–H groups in total. The Morgan fingerprint density at radius 3 is 2.36 bits per heavy atom. The first-order chi connectivity index (χ1) is 6.36. The van der Waals surface area contributed by atoms with E-state index in [-0.39, 0.29) is 12.1 Å². The van der Waals surface area contributed by atoms with Crippen molar-refractivity contribution in [2.45, 2.75) is 18.4 Å². The standard InChI is InChI=1S/C8H10BF3NS/c1-5-7(9(10,11)12)2-6(4-13)3-8(5)14/h2-3,14H,4,13H2,1H3/q-1. The summed E-state index contributed by atoms with van der Waals surface area (Å²) in [6.07, 6.45) is 0. The molecular formula is C8H10BF3NS-. The fourth-order valence-corrected chi connectivity index (χ4v) is 1.53. The Balaban J connectivity index is 3.35. The predicted molar refractivity (Wildman–Crippen MR) is 55.0 cm³/mol. The van der Waals surface area contributed by atoms with E-state index in [1.807, 2.05) is 0 Å². The van der Waals surface area contributed by atoms with Crippen LogP contribution in [-0.4, -0.2) is 6.98 Å². The van der Waals surface area contributed by atoms with Crippen LogP contribution in [0.15, 0.2) is 17.0 Å². The summed E-state index contributed by atoms with van der Waals surface area (Å²) in [5, 5.41) is 0. The Labute approximate surface area is 86.0 Å². The Morgan fingerprint density at radius 1 is 1.36 bits per heavy atom. The molecule has 0 saturated heterocycles. The first-order valence-electron chi connectivity index (χ1n) is 4.08. The van der Waals surface area contributed by atoms with Gasteiger partial charge in [-0.05, 0) is 18.6 Å². The lowest BCUT2D eigenvalue weighted by molar-refractivity contribution is 0.500. The first kappa shape index (κ1) is 11.5. The minimum Gasteiger partial charge on any atom is -0.445 e. The molecular weight excluding hydrogens is 210 g/mol. The maximum Gasteiger partial charge on any atom is 0.509 e. The van der Waals surface area contributed by atoms with Crippen molar-refractivity contribution in [3.8, 4) is 0 Å². The van der Waals surface area contributed by atoms with Crippen molar-refractivity contribution in [2.75, 3.05) is 0 Å². The van der Waals surface area contributed by atoms with Crippen LogP contribution in [0.3, 0.4) is 0 Å². The summed E-state index contributed by atoms with van der Waals surface area (Å²) in [4.78, 5) is 0.335. The molecule has 0 bridgehead atoms. The fraction of sp³-hybridized carbons (Fsp3) is 0.250. The Morgan fingerprint density at radius 2 is 1.93 bits per heavy atom. The van der Waals surface area contributed by atoms with Crippen molar-refractivity contribution in [3.63, 3.8) is 0 Å². The second-order valence-electron chi connectivity index (χ2n) is 3.11. The van der Waals surface area contributed by atoms with E-state index in [0.29, 0.717) is 10.5 Å². The van der Waals surface area contributed by atoms with Crippen molar-refractivity contribution in [2.24, 2.45) is 5.73 Å². The van der Waals surface area contributed by atoms with Gasteiger partial charge in [0.25, 0.3) is 0 Å². The number of thiol groups is 1. The van der Waals surface area contributed by atoms with Crippen LogP contribution in [0.4, 0.5) is 12.9 Å². The minimum absolute atomic E-state index is 0.0903. The van der Waals surface area contributed by atoms with E-state index in [0.717, 1.165) is 6.07 Å². The summed E-state index contributed by atoms with van der Waals surface area (Å²) in [6.45, 7) is -3.48. The molecule has 0 spiro atoms. The van der Waals surface area contributed by atoms with Gasteiger partial charge in [0.1, 0.15) is 0 Å². The van der Waals surface area contributed by atoms with Gasteiger partial charge in [-0.25, -0.2) is 0 Å². The zero-order valence-electron chi connectivity index (χ0n) is 7.60. The van der Waals surface area contributed by atoms with E-state index in [1.165, 1.54) is 6.92 Å². The lowest BCUT2D eigenvalue weighted by atomic mass is 9.76. The van der Waals surface area contributed by atoms with Gasteiger partial charge in [-0.3, -0.25) is 0 Å². The molecule has 1 aromatic rings. The molecule has 6 heteroatoms. The highest BCUT2D eigenvalue weighted by Crippen LogP contribution is 2.19. The summed E-state index contributed by atoms with van der Waals surface area (Å²) in [6, 6.07) is 2.65. The monoisotopic (exact) mass is 220 g/mol. The van der Waals surface area contributed by atoms with E-state index < -0.39 is 12.4 Å². The summed E-state index contributed by atoms with van der Waals surface area (Å²) < 4.78 is 37.6. The zero-order chi connectivity index (χ0) is 10.9. The van der Waals surface area contributed by atoms with Gasteiger partial charge in [-0.1, -0.05) is 11.6 Å². The molecule has 1 nitrogen and oxygen atoms in total. The molecule has 1 rings (SSSR count). The smallest absolute Gasteiger partial charge is 0.445 e. The largest absolute Gasteiger partial charge is 0.509 e. The van der Waals surface area contributed by atoms with Crippen LogP contribution < -0.4 is 11.2 Å². The maximum atomic E-state index is 12.5. The number of benzene rings is 1. The number of nitrogens with two attached hydrogens (primary N) is 1. The van der Waals surface area contributed by atoms with Gasteiger partial charge >= 0.3 is 6.98 Å². The summed E-state index contributed by atoms with van der Waals surface area (Å²) in [5.74, 6) is 0. The minimum atomic E-state index is -4.98. The lowest BCUT2D eigenvalue weighted by Crippen LogP contribution is -2.36. The zero-order valence-corrected chi connectivity index (χ0v) is 8.49. The summed E-state index contributed by atoms with van der Waals surface area (Å²) in [5.41, 5.74) is 5.31. The fourth-order valence-electron chi connectivity index (χ4n) is 1.24. The average molecular weight is 220 g/mol. The Bertz CT molecular complexity index is 351. The third-order valence-corrected chi connectivity index (χ3v) is 2.53. The van der Waals surface area contributed by atoms with Crippen LogP contribution in [0.25, 0.3) is 0 Å². The topological polar surface area (TPSA) is 26.0 Å². The lowest BCUT2D eigenvalue weighted by Gasteiger charge is -2.20. The van der Waals surface area contributed by atoms with Crippen molar-refractivity contribution < 1.29 is 12.9 Å². The molecule has 78 valence electrons. The molecule has 0 unspecified atom stereocenters. The van der Waals surface area contributed by atoms with Crippen molar-refractivity contribution in [1.29, 1.82) is 0 Å². The molecule has 14 heavy (non-hydrogen) atoms. The van der Waals surface area contributed by atoms with Gasteiger partial charge in [-0.15, -0.1) is 18.1 Å². The van der Waals surface area contributed by atoms with Crippen molar-refractivity contribution in [3.05, 3.63) is 23.3 Å². The van der Waals surface area contributed by atoms with Crippen molar-refractivity contribution >= 4 is 25.1 Å². The highest BCUT2D eigenvalue weighted by Gasteiger charge is 2.28. The quantitative estimate of drug-likeness (QED) is 0.576. The van der Waals surface area contributed by atoms with Gasteiger partial charge in [0.2, 0.25) is 0 Å². The number of hydrogen-bond acceptors (Lipinski definition) is 2. The maximum absolute atomic E-state index is 12.5. The van der Waals surface area contributed by atoms with Crippen LogP contribution in [0.1, 0.15) is 11.1 Å². The van der Waals surface area contributed by atoms with E-state index >= 15 is 0 Å². The van der Waals surface area contributed by atoms with Crippen LogP contribution in [-0.2, 0) is 6.54 Å². The summed E-state index contributed by atoms with van der Waals surface area (Å²) in [7, 11) is 0. The number of rotatable bonds is 2. The van der Waals surface area contributed by atoms with Gasteiger partial charge in [0.15, 0.2) is 0 Å². The number of halogens is 3. The second kappa shape index (κ2) is 3.86. The third kappa shape index (κ3) is 2.25. The Hall–Kier alpha value is -0.615. The van der Waals surface area contributed by atoms with Crippen LogP contribution in [0.5, 0.6) is 0 Å². The molecule has 0 fully saturated rings. The first-order valence-corrected chi connectivity index (χ1v) is 4.53. The molecule has 0 saturated carbocycles. The second-order valence-corrected chi connectivity index (χ2v) is 3.59. The average Bonchev–Trinajstić information content (AvgIpc) is 2.07. The highest BCUT2D eigenvalue weighted by atomic mass is 32.1. The summed E-state index contributed by atoms with van der Waals surface area (Å²) >= 11 is 3.98. The van der Waals surface area contributed by atoms with Gasteiger partial charge in [-0.2, -0.15) is 0 Å². The number of hydrogen-bond donors (Lipinski definition) is 2. The molecule has 0 radical (unpaired) electrons. The molecule has 0 aliphatic rings. The van der Waals surface area contributed by atoms with E-state index in [9.17, 15) is 12.9 Å². The molecule has 0 amide bonds. The molecule has 1 aromatic carbocycles. The van der Waals surface area contributed by atoms with Gasteiger partial charge in [0.05, 0.1) is 0 Å². The van der Waals surface area contributed by atoms with E-state index in [1.54, 1.807) is 6.07 Å². The molecule has 0 aliphatic carbocycles. The highest BCUT2D eigenvalue weighted by molar-refractivity contribution is 7.80. The third-order valence-electron chi connectivity index (χ3n) is 2.07. The van der Waals surface area contributed by atoms with Gasteiger partial charge < -0.3 is 18.7 Å². The van der Waals surface area contributed by atoms with Crippen LogP contribution in [0.2, 0.25) is 0 Å². The normalized spacial score (nSPS) is 11.9. The predicted octanol–water partition coefficient (Wildman–Crippen LogP) is 1.80. The SMILES string of the molecule is Cc1c(S)cc(CN)cc1[B-](F)(F)F. The van der Waals surface area contributed by atoms with Crippen molar-refractivity contribution in [1.82, 2.24) is 0 Å². The van der Waals surface area contributed by atoms with E-state index in [2.05, 4.69) is 12.6 Å².